The van der Waals surface area contributed by atoms with Crippen molar-refractivity contribution in [2.45, 2.75) is 0 Å². The molecule has 0 aliphatic rings. The van der Waals surface area contributed by atoms with Gasteiger partial charge in [-0.1, -0.05) is 36.4 Å². The van der Waals surface area contributed by atoms with Gasteiger partial charge in [-0.3, -0.25) is 0 Å². The molecule has 0 saturated carbocycles. The van der Waals surface area contributed by atoms with Crippen LogP contribution >= 0.6 is 0 Å². The minimum atomic E-state index is -0.803. The lowest BCUT2D eigenvalue weighted by Crippen LogP contribution is -2.05. The van der Waals surface area contributed by atoms with E-state index in [9.17, 15) is 0 Å². The molecule has 0 saturated heterocycles. The van der Waals surface area contributed by atoms with E-state index in [1.54, 1.807) is 0 Å². The summed E-state index contributed by atoms with van der Waals surface area (Å²) in [4.78, 5) is 0. The van der Waals surface area contributed by atoms with Gasteiger partial charge in [-0.2, -0.15) is 0 Å². The Kier molecular flexibility index (Phi) is 2.98. The van der Waals surface area contributed by atoms with Crippen LogP contribution in [-0.4, -0.2) is 20.5 Å². The molecule has 4 heteroatoms. The fourth-order valence-electron chi connectivity index (χ4n) is 1.44. The van der Waals surface area contributed by atoms with Crippen molar-refractivity contribution in [2.75, 3.05) is 0 Å². The van der Waals surface area contributed by atoms with Gasteiger partial charge in [0.15, 0.2) is 0 Å². The predicted molar refractivity (Wildman–Crippen MR) is 64.1 cm³/mol. The molecule has 0 aliphatic heterocycles. The van der Waals surface area contributed by atoms with Crippen LogP contribution in [0.15, 0.2) is 42.5 Å². The number of benzene rings is 2. The summed E-state index contributed by atoms with van der Waals surface area (Å²) in [5.41, 5.74) is 0. The van der Waals surface area contributed by atoms with Gasteiger partial charge in [-0.05, 0) is 11.5 Å². The molecule has 2 rings (SSSR count). The van der Waals surface area contributed by atoms with Gasteiger partial charge in [0, 0.05) is 5.39 Å². The van der Waals surface area contributed by atoms with Crippen LogP contribution in [0.3, 0.4) is 0 Å². The summed E-state index contributed by atoms with van der Waals surface area (Å²) in [7, 11) is -0.0361. The van der Waals surface area contributed by atoms with Gasteiger partial charge < -0.3 is 8.54 Å². The first-order valence-electron chi connectivity index (χ1n) is 4.51. The van der Waals surface area contributed by atoms with Gasteiger partial charge in [0.2, 0.25) is 0 Å². The van der Waals surface area contributed by atoms with E-state index >= 15 is 0 Å². The van der Waals surface area contributed by atoms with Crippen molar-refractivity contribution in [3.63, 3.8) is 0 Å². The van der Waals surface area contributed by atoms with Crippen LogP contribution in [0, 0.1) is 0 Å². The highest BCUT2D eigenvalue weighted by atomic mass is 28.3. The summed E-state index contributed by atoms with van der Waals surface area (Å²) in [6, 6.07) is 14.3. The molecule has 0 heterocycles. The van der Waals surface area contributed by atoms with Gasteiger partial charge in [-0.15, -0.1) is 0 Å². The van der Waals surface area contributed by atoms with E-state index < -0.39 is 10.0 Å². The van der Waals surface area contributed by atoms with Crippen molar-refractivity contribution in [2.24, 2.45) is 0 Å². The van der Waals surface area contributed by atoms with Crippen LogP contribution in [-0.2, 0) is 4.12 Å². The Hall–Kier alpha value is -1.11. The highest BCUT2D eigenvalue weighted by Crippen LogP contribution is 2.24. The van der Waals surface area contributed by atoms with E-state index in [4.69, 9.17) is 8.54 Å². The smallest absolute Gasteiger partial charge is 0.355 e. The van der Waals surface area contributed by atoms with Crippen LogP contribution in [0.4, 0.5) is 0 Å². The third-order valence-electron chi connectivity index (χ3n) is 2.08. The van der Waals surface area contributed by atoms with Gasteiger partial charge in [0.25, 0.3) is 0 Å². The second-order valence-electron chi connectivity index (χ2n) is 3.03. The Balaban J connectivity index is 2.43. The lowest BCUT2D eigenvalue weighted by atomic mass is 10.1. The summed E-state index contributed by atoms with van der Waals surface area (Å²) < 4.78 is 10.8. The molecule has 0 N–H and O–H groups in total. The SMILES string of the molecule is [SiH3]O[SiH2]Oc1cccc2ccccc12. The number of hydrogen-bond donors (Lipinski definition) is 0. The summed E-state index contributed by atoms with van der Waals surface area (Å²) in [5.74, 6) is 0.950. The zero-order chi connectivity index (χ0) is 9.80. The number of fused-ring (bicyclic) bond motifs is 1. The van der Waals surface area contributed by atoms with E-state index in [0.717, 1.165) is 16.2 Å². The molecule has 0 unspecified atom stereocenters. The maximum Gasteiger partial charge on any atom is 0.355 e. The molecule has 0 atom stereocenters. The third-order valence-corrected chi connectivity index (χ3v) is 3.45. The molecular formula is C10H12O2Si2. The fraction of sp³-hybridized carbons (Fsp3) is 0. The molecule has 0 fully saturated rings. The van der Waals surface area contributed by atoms with Crippen molar-refractivity contribution < 1.29 is 8.54 Å². The molecule has 2 aromatic rings. The first-order chi connectivity index (χ1) is 6.92. The van der Waals surface area contributed by atoms with E-state index in [-0.39, 0.29) is 0 Å². The Morgan fingerprint density at radius 2 is 1.79 bits per heavy atom. The minimum Gasteiger partial charge on any atom is -0.525 e. The Morgan fingerprint density at radius 3 is 2.64 bits per heavy atom. The van der Waals surface area contributed by atoms with Crippen molar-refractivity contribution >= 4 is 31.3 Å². The van der Waals surface area contributed by atoms with Crippen molar-refractivity contribution in [3.8, 4) is 5.75 Å². The average molecular weight is 220 g/mol. The lowest BCUT2D eigenvalue weighted by Gasteiger charge is -2.07. The molecular weight excluding hydrogens is 208 g/mol. The van der Waals surface area contributed by atoms with Crippen molar-refractivity contribution in [1.82, 2.24) is 0 Å². The molecule has 72 valence electrons. The normalized spacial score (nSPS) is 11.4. The molecule has 0 aliphatic carbocycles. The van der Waals surface area contributed by atoms with Gasteiger partial charge >= 0.3 is 10.0 Å². The van der Waals surface area contributed by atoms with E-state index in [1.165, 1.54) is 10.8 Å². The molecule has 0 radical (unpaired) electrons. The lowest BCUT2D eigenvalue weighted by molar-refractivity contribution is 0.486. The molecule has 2 aromatic carbocycles. The van der Waals surface area contributed by atoms with E-state index in [1.807, 2.05) is 24.3 Å². The Labute approximate surface area is 88.5 Å². The predicted octanol–water partition coefficient (Wildman–Crippen LogP) is 0.514. The first kappa shape index (κ1) is 9.45. The maximum atomic E-state index is 5.62. The Bertz CT molecular complexity index is 426. The summed E-state index contributed by atoms with van der Waals surface area (Å²) in [6.07, 6.45) is 0. The molecule has 0 bridgehead atoms. The zero-order valence-corrected chi connectivity index (χ0v) is 11.5. The zero-order valence-electron chi connectivity index (χ0n) is 8.07. The molecule has 14 heavy (non-hydrogen) atoms. The summed E-state index contributed by atoms with van der Waals surface area (Å²) in [6.45, 7) is 0. The highest BCUT2D eigenvalue weighted by Gasteiger charge is 1.99. The number of hydrogen-bond acceptors (Lipinski definition) is 2. The quantitative estimate of drug-likeness (QED) is 0.702. The number of rotatable bonds is 3. The van der Waals surface area contributed by atoms with Gasteiger partial charge in [-0.25, -0.2) is 0 Å². The van der Waals surface area contributed by atoms with Gasteiger partial charge in [0.1, 0.15) is 16.2 Å². The second kappa shape index (κ2) is 4.41. The van der Waals surface area contributed by atoms with Crippen molar-refractivity contribution in [3.05, 3.63) is 42.5 Å². The monoisotopic (exact) mass is 220 g/mol. The minimum absolute atomic E-state index is 0.767. The topological polar surface area (TPSA) is 18.5 Å². The Morgan fingerprint density at radius 1 is 1.00 bits per heavy atom. The van der Waals surface area contributed by atoms with Crippen LogP contribution in [0.2, 0.25) is 0 Å². The molecule has 0 aromatic heterocycles. The van der Waals surface area contributed by atoms with Crippen molar-refractivity contribution in [1.29, 1.82) is 0 Å². The largest absolute Gasteiger partial charge is 0.525 e. The van der Waals surface area contributed by atoms with Crippen LogP contribution in [0.5, 0.6) is 5.75 Å². The van der Waals surface area contributed by atoms with E-state index in [0.29, 0.717) is 0 Å². The third kappa shape index (κ3) is 1.87. The molecule has 0 amide bonds. The summed E-state index contributed by atoms with van der Waals surface area (Å²) >= 11 is 0. The standard InChI is InChI=1S/C10H12O2Si2/c13-12-14-11-10-7-3-5-8-4-1-2-6-9(8)10/h1-7H,14H2,13H3. The second-order valence-corrected chi connectivity index (χ2v) is 5.86. The van der Waals surface area contributed by atoms with Crippen LogP contribution in [0.25, 0.3) is 10.8 Å². The highest BCUT2D eigenvalue weighted by molar-refractivity contribution is 6.28. The fourth-order valence-corrected chi connectivity index (χ4v) is 2.29. The molecule has 2 nitrogen and oxygen atoms in total. The molecule has 0 spiro atoms. The van der Waals surface area contributed by atoms with Crippen LogP contribution < -0.4 is 4.43 Å². The first-order valence-corrected chi connectivity index (χ1v) is 6.48. The van der Waals surface area contributed by atoms with Crippen LogP contribution in [0.1, 0.15) is 0 Å². The average Bonchev–Trinajstić information content (AvgIpc) is 2.26. The van der Waals surface area contributed by atoms with E-state index in [2.05, 4.69) is 18.2 Å². The van der Waals surface area contributed by atoms with Gasteiger partial charge in [0.05, 0.1) is 0 Å². The summed E-state index contributed by atoms with van der Waals surface area (Å²) in [5, 5.41) is 2.38. The maximum absolute atomic E-state index is 5.62.